The van der Waals surface area contributed by atoms with Crippen molar-refractivity contribution in [2.75, 3.05) is 24.6 Å². The van der Waals surface area contributed by atoms with Crippen LogP contribution in [0.2, 0.25) is 5.02 Å². The third-order valence-corrected chi connectivity index (χ3v) is 3.39. The van der Waals surface area contributed by atoms with Crippen molar-refractivity contribution >= 4 is 29.2 Å². The van der Waals surface area contributed by atoms with E-state index in [0.717, 1.165) is 0 Å². The zero-order chi connectivity index (χ0) is 14.9. The number of carboxylic acids is 1. The molecule has 0 atom stereocenters. The molecule has 108 valence electrons. The lowest BCUT2D eigenvalue weighted by Gasteiger charge is -2.49. The number of carboxylic acid groups (broad SMARTS) is 1. The van der Waals surface area contributed by atoms with Gasteiger partial charge in [0.2, 0.25) is 0 Å². The summed E-state index contributed by atoms with van der Waals surface area (Å²) in [5, 5.41) is 9.05. The molecule has 2 rings (SSSR count). The summed E-state index contributed by atoms with van der Waals surface area (Å²) in [4.78, 5) is 23.8. The number of rotatable bonds is 5. The van der Waals surface area contributed by atoms with Gasteiger partial charge in [-0.3, -0.25) is 4.79 Å². The molecular weight excluding hydrogens is 284 g/mol. The van der Waals surface area contributed by atoms with Crippen molar-refractivity contribution in [1.82, 2.24) is 0 Å². The van der Waals surface area contributed by atoms with Crippen molar-refractivity contribution < 1.29 is 19.4 Å². The number of anilines is 1. The van der Waals surface area contributed by atoms with Crippen LogP contribution in [-0.4, -0.2) is 42.3 Å². The first-order valence-corrected chi connectivity index (χ1v) is 6.39. The number of halogens is 1. The average Bonchev–Trinajstić information content (AvgIpc) is 2.33. The molecule has 3 N–H and O–H groups in total. The number of carbonyl (C=O) groups excluding carboxylic acids is 1. The summed E-state index contributed by atoms with van der Waals surface area (Å²) in [6.45, 7) is 2.46. The Balaban J connectivity index is 2.09. The van der Waals surface area contributed by atoms with Gasteiger partial charge in [-0.15, -0.1) is 0 Å². The number of amides is 1. The zero-order valence-electron chi connectivity index (χ0n) is 10.9. The van der Waals surface area contributed by atoms with Gasteiger partial charge < -0.3 is 20.5 Å². The Morgan fingerprint density at radius 2 is 2.15 bits per heavy atom. The van der Waals surface area contributed by atoms with E-state index in [2.05, 4.69) is 0 Å². The van der Waals surface area contributed by atoms with Crippen molar-refractivity contribution in [2.45, 2.75) is 12.5 Å². The van der Waals surface area contributed by atoms with Gasteiger partial charge in [-0.05, 0) is 25.1 Å². The van der Waals surface area contributed by atoms with Crippen LogP contribution in [0, 0.1) is 0 Å². The molecule has 1 saturated heterocycles. The Morgan fingerprint density at radius 1 is 1.50 bits per heavy atom. The molecule has 1 aliphatic rings. The summed E-state index contributed by atoms with van der Waals surface area (Å²) < 4.78 is 5.32. The first-order chi connectivity index (χ1) is 9.31. The fourth-order valence-electron chi connectivity index (χ4n) is 2.24. The van der Waals surface area contributed by atoms with Crippen LogP contribution in [-0.2, 0) is 9.53 Å². The largest absolute Gasteiger partial charge is 0.480 e. The predicted octanol–water partition coefficient (Wildman–Crippen LogP) is 1.12. The van der Waals surface area contributed by atoms with Crippen LogP contribution in [0.15, 0.2) is 18.2 Å². The second kappa shape index (κ2) is 5.30. The van der Waals surface area contributed by atoms with Crippen LogP contribution in [0.25, 0.3) is 0 Å². The van der Waals surface area contributed by atoms with Gasteiger partial charge in [0.05, 0.1) is 5.56 Å². The zero-order valence-corrected chi connectivity index (χ0v) is 11.7. The third-order valence-electron chi connectivity index (χ3n) is 3.16. The number of aliphatic carboxylic acids is 1. The minimum absolute atomic E-state index is 0.340. The lowest BCUT2D eigenvalue weighted by molar-refractivity contribution is -0.150. The lowest BCUT2D eigenvalue weighted by atomic mass is 9.94. The molecule has 0 saturated carbocycles. The standard InChI is InChI=1S/C13H15ClN2O4/c1-13(20-5-11(17)18)6-16(7-13)10-3-2-8(14)4-9(10)12(15)19/h2-4H,5-7H2,1H3,(H2,15,19)(H,17,18). The Morgan fingerprint density at radius 3 is 2.70 bits per heavy atom. The van der Waals surface area contributed by atoms with Crippen LogP contribution in [0.5, 0.6) is 0 Å². The fourth-order valence-corrected chi connectivity index (χ4v) is 2.41. The summed E-state index contributed by atoms with van der Waals surface area (Å²) in [5.74, 6) is -1.56. The Kier molecular flexibility index (Phi) is 3.87. The second-order valence-corrected chi connectivity index (χ2v) is 5.45. The van der Waals surface area contributed by atoms with Crippen molar-refractivity contribution in [1.29, 1.82) is 0 Å². The second-order valence-electron chi connectivity index (χ2n) is 5.01. The van der Waals surface area contributed by atoms with Crippen molar-refractivity contribution in [3.63, 3.8) is 0 Å². The van der Waals surface area contributed by atoms with Crippen LogP contribution in [0.4, 0.5) is 5.69 Å². The molecule has 6 nitrogen and oxygen atoms in total. The van der Waals surface area contributed by atoms with Crippen molar-refractivity contribution in [3.05, 3.63) is 28.8 Å². The van der Waals surface area contributed by atoms with E-state index in [0.29, 0.717) is 29.4 Å². The number of primary amides is 1. The predicted molar refractivity (Wildman–Crippen MR) is 74.2 cm³/mol. The molecule has 0 aliphatic carbocycles. The molecule has 0 bridgehead atoms. The number of nitrogens with zero attached hydrogens (tertiary/aromatic N) is 1. The number of nitrogens with two attached hydrogens (primary N) is 1. The SMILES string of the molecule is CC1(OCC(=O)O)CN(c2ccc(Cl)cc2C(N)=O)C1. The minimum atomic E-state index is -1.01. The molecular formula is C13H15ClN2O4. The topological polar surface area (TPSA) is 92.9 Å². The molecule has 1 heterocycles. The quantitative estimate of drug-likeness (QED) is 0.849. The Hall–Kier alpha value is -1.79. The molecule has 1 aliphatic heterocycles. The highest BCUT2D eigenvalue weighted by atomic mass is 35.5. The average molecular weight is 299 g/mol. The van der Waals surface area contributed by atoms with Gasteiger partial charge in [-0.1, -0.05) is 11.6 Å². The summed E-state index contributed by atoms with van der Waals surface area (Å²) in [5.41, 5.74) is 5.82. The van der Waals surface area contributed by atoms with Gasteiger partial charge in [-0.25, -0.2) is 4.79 Å². The van der Waals surface area contributed by atoms with Gasteiger partial charge in [-0.2, -0.15) is 0 Å². The van der Waals surface area contributed by atoms with Gasteiger partial charge in [0.1, 0.15) is 12.2 Å². The third kappa shape index (κ3) is 3.02. The van der Waals surface area contributed by atoms with Gasteiger partial charge in [0.25, 0.3) is 5.91 Å². The van der Waals surface area contributed by atoms with E-state index in [-0.39, 0.29) is 6.61 Å². The highest BCUT2D eigenvalue weighted by Crippen LogP contribution is 2.33. The van der Waals surface area contributed by atoms with E-state index in [9.17, 15) is 9.59 Å². The van der Waals surface area contributed by atoms with Crippen LogP contribution >= 0.6 is 11.6 Å². The maximum absolute atomic E-state index is 11.4. The summed E-state index contributed by atoms with van der Waals surface area (Å²) in [6, 6.07) is 4.92. The highest BCUT2D eigenvalue weighted by Gasteiger charge is 2.41. The maximum atomic E-state index is 11.4. The first-order valence-electron chi connectivity index (χ1n) is 6.01. The summed E-state index contributed by atoms with van der Waals surface area (Å²) >= 11 is 5.85. The Bertz CT molecular complexity index is 555. The number of ether oxygens (including phenoxy) is 1. The first kappa shape index (κ1) is 14.6. The van der Waals surface area contributed by atoms with Crippen LogP contribution in [0.3, 0.4) is 0 Å². The van der Waals surface area contributed by atoms with E-state index in [1.807, 2.05) is 11.8 Å². The molecule has 20 heavy (non-hydrogen) atoms. The van der Waals surface area contributed by atoms with E-state index in [1.54, 1.807) is 12.1 Å². The normalized spacial score (nSPS) is 16.6. The molecule has 0 unspecified atom stereocenters. The van der Waals surface area contributed by atoms with Crippen molar-refractivity contribution in [2.24, 2.45) is 5.73 Å². The van der Waals surface area contributed by atoms with Crippen molar-refractivity contribution in [3.8, 4) is 0 Å². The fraction of sp³-hybridized carbons (Fsp3) is 0.385. The number of benzene rings is 1. The van der Waals surface area contributed by atoms with Gasteiger partial charge in [0, 0.05) is 23.8 Å². The smallest absolute Gasteiger partial charge is 0.329 e. The molecule has 7 heteroatoms. The number of carbonyl (C=O) groups is 2. The minimum Gasteiger partial charge on any atom is -0.480 e. The van der Waals surface area contributed by atoms with E-state index < -0.39 is 17.5 Å². The monoisotopic (exact) mass is 298 g/mol. The molecule has 1 aromatic rings. The molecule has 1 amide bonds. The van der Waals surface area contributed by atoms with Gasteiger partial charge >= 0.3 is 5.97 Å². The molecule has 0 spiro atoms. The van der Waals surface area contributed by atoms with E-state index >= 15 is 0 Å². The van der Waals surface area contributed by atoms with E-state index in [4.69, 9.17) is 27.2 Å². The molecule has 0 aromatic heterocycles. The van der Waals surface area contributed by atoms with Gasteiger partial charge in [0.15, 0.2) is 0 Å². The molecule has 1 aromatic carbocycles. The molecule has 0 radical (unpaired) electrons. The van der Waals surface area contributed by atoms with Crippen LogP contribution in [0.1, 0.15) is 17.3 Å². The number of hydrogen-bond acceptors (Lipinski definition) is 4. The molecule has 1 fully saturated rings. The van der Waals surface area contributed by atoms with E-state index in [1.165, 1.54) is 6.07 Å². The van der Waals surface area contributed by atoms with Crippen LogP contribution < -0.4 is 10.6 Å². The number of hydrogen-bond donors (Lipinski definition) is 2. The summed E-state index contributed by atoms with van der Waals surface area (Å²) in [6.07, 6.45) is 0. The lowest BCUT2D eigenvalue weighted by Crippen LogP contribution is -2.62. The highest BCUT2D eigenvalue weighted by molar-refractivity contribution is 6.31. The maximum Gasteiger partial charge on any atom is 0.329 e. The Labute approximate surface area is 121 Å². The summed E-state index contributed by atoms with van der Waals surface area (Å²) in [7, 11) is 0.